The van der Waals surface area contributed by atoms with E-state index in [1.165, 1.54) is 0 Å². The van der Waals surface area contributed by atoms with Crippen molar-refractivity contribution in [3.63, 3.8) is 0 Å². The molecule has 0 aromatic heterocycles. The van der Waals surface area contributed by atoms with Crippen LogP contribution in [0, 0.1) is 0 Å². The number of nitrogens with two attached hydrogens (primary N) is 1. The molecule has 2 nitrogen and oxygen atoms in total. The van der Waals surface area contributed by atoms with Crippen molar-refractivity contribution in [2.75, 3.05) is 25.5 Å². The van der Waals surface area contributed by atoms with Crippen LogP contribution in [0.3, 0.4) is 0 Å². The quantitative estimate of drug-likeness (QED) is 0.804. The minimum Gasteiger partial charge on any atom is -0.377 e. The van der Waals surface area contributed by atoms with Gasteiger partial charge in [0.25, 0.3) is 0 Å². The summed E-state index contributed by atoms with van der Waals surface area (Å²) in [4.78, 5) is 2.05. The third kappa shape index (κ3) is 2.36. The van der Waals surface area contributed by atoms with E-state index in [0.717, 1.165) is 22.7 Å². The SMILES string of the molecule is CN(C)c1cccc(Cl)c1CCN. The normalized spacial score (nSPS) is 10.2. The molecule has 1 aromatic rings. The van der Waals surface area contributed by atoms with Gasteiger partial charge in [0, 0.05) is 24.8 Å². The smallest absolute Gasteiger partial charge is 0.0459 e. The van der Waals surface area contributed by atoms with Gasteiger partial charge in [-0.25, -0.2) is 0 Å². The van der Waals surface area contributed by atoms with Gasteiger partial charge in [0.2, 0.25) is 0 Å². The van der Waals surface area contributed by atoms with Crippen LogP contribution in [0.25, 0.3) is 0 Å². The molecule has 0 heterocycles. The molecule has 1 aromatic carbocycles. The molecule has 0 fully saturated rings. The van der Waals surface area contributed by atoms with Crippen LogP contribution in [0.15, 0.2) is 18.2 Å². The maximum atomic E-state index is 6.07. The van der Waals surface area contributed by atoms with Crippen LogP contribution in [0.4, 0.5) is 5.69 Å². The van der Waals surface area contributed by atoms with Crippen molar-refractivity contribution in [2.45, 2.75) is 6.42 Å². The molecule has 0 saturated heterocycles. The molecule has 13 heavy (non-hydrogen) atoms. The highest BCUT2D eigenvalue weighted by atomic mass is 35.5. The summed E-state index contributed by atoms with van der Waals surface area (Å²) in [5.41, 5.74) is 7.81. The monoisotopic (exact) mass is 198 g/mol. The van der Waals surface area contributed by atoms with Gasteiger partial charge in [-0.15, -0.1) is 0 Å². The molecule has 0 amide bonds. The van der Waals surface area contributed by atoms with Gasteiger partial charge in [0.05, 0.1) is 0 Å². The first-order chi connectivity index (χ1) is 6.16. The van der Waals surface area contributed by atoms with E-state index in [4.69, 9.17) is 17.3 Å². The van der Waals surface area contributed by atoms with Gasteiger partial charge in [-0.1, -0.05) is 17.7 Å². The van der Waals surface area contributed by atoms with Crippen LogP contribution in [-0.4, -0.2) is 20.6 Å². The Morgan fingerprint density at radius 3 is 2.62 bits per heavy atom. The van der Waals surface area contributed by atoms with Crippen LogP contribution in [0.5, 0.6) is 0 Å². The molecule has 2 N–H and O–H groups in total. The van der Waals surface area contributed by atoms with Crippen LogP contribution in [0.1, 0.15) is 5.56 Å². The van der Waals surface area contributed by atoms with E-state index < -0.39 is 0 Å². The summed E-state index contributed by atoms with van der Waals surface area (Å²) in [5, 5.41) is 0.802. The summed E-state index contributed by atoms with van der Waals surface area (Å²) in [6.45, 7) is 0.630. The average molecular weight is 199 g/mol. The second kappa shape index (κ2) is 4.49. The maximum Gasteiger partial charge on any atom is 0.0459 e. The van der Waals surface area contributed by atoms with Crippen molar-refractivity contribution >= 4 is 17.3 Å². The summed E-state index contributed by atoms with van der Waals surface area (Å²) in [6.07, 6.45) is 0.827. The topological polar surface area (TPSA) is 29.3 Å². The molecule has 0 aliphatic rings. The lowest BCUT2D eigenvalue weighted by molar-refractivity contribution is 0.955. The zero-order chi connectivity index (χ0) is 9.84. The first kappa shape index (κ1) is 10.4. The molecule has 3 heteroatoms. The van der Waals surface area contributed by atoms with Crippen molar-refractivity contribution in [3.8, 4) is 0 Å². The van der Waals surface area contributed by atoms with Crippen LogP contribution < -0.4 is 10.6 Å². The third-order valence-electron chi connectivity index (χ3n) is 1.97. The molecule has 0 bridgehead atoms. The maximum absolute atomic E-state index is 6.07. The van der Waals surface area contributed by atoms with E-state index in [2.05, 4.69) is 11.0 Å². The van der Waals surface area contributed by atoms with Gasteiger partial charge in [-0.3, -0.25) is 0 Å². The lowest BCUT2D eigenvalue weighted by atomic mass is 10.1. The second-order valence-electron chi connectivity index (χ2n) is 3.17. The zero-order valence-electron chi connectivity index (χ0n) is 8.05. The van der Waals surface area contributed by atoms with E-state index in [9.17, 15) is 0 Å². The Bertz CT molecular complexity index is 284. The fraction of sp³-hybridized carbons (Fsp3) is 0.400. The van der Waals surface area contributed by atoms with E-state index in [1.54, 1.807) is 0 Å². The van der Waals surface area contributed by atoms with Crippen LogP contribution in [-0.2, 0) is 6.42 Å². The number of nitrogens with zero attached hydrogens (tertiary/aromatic N) is 1. The van der Waals surface area contributed by atoms with Gasteiger partial charge in [0.15, 0.2) is 0 Å². The minimum absolute atomic E-state index is 0.630. The first-order valence-electron chi connectivity index (χ1n) is 4.31. The molecule has 0 aliphatic heterocycles. The first-order valence-corrected chi connectivity index (χ1v) is 4.69. The van der Waals surface area contributed by atoms with Gasteiger partial charge in [-0.2, -0.15) is 0 Å². The molecule has 1 rings (SSSR count). The highest BCUT2D eigenvalue weighted by Gasteiger charge is 2.06. The van der Waals surface area contributed by atoms with Crippen molar-refractivity contribution in [1.29, 1.82) is 0 Å². The Morgan fingerprint density at radius 1 is 1.38 bits per heavy atom. The lowest BCUT2D eigenvalue weighted by Gasteiger charge is -2.18. The Labute approximate surface area is 84.3 Å². The summed E-state index contributed by atoms with van der Waals surface area (Å²) < 4.78 is 0. The van der Waals surface area contributed by atoms with E-state index in [1.807, 2.05) is 26.2 Å². The van der Waals surface area contributed by atoms with E-state index >= 15 is 0 Å². The number of anilines is 1. The van der Waals surface area contributed by atoms with Gasteiger partial charge < -0.3 is 10.6 Å². The molecule has 0 spiro atoms. The molecule has 0 radical (unpaired) electrons. The summed E-state index contributed by atoms with van der Waals surface area (Å²) in [6, 6.07) is 5.91. The minimum atomic E-state index is 0.630. The Kier molecular flexibility index (Phi) is 3.58. The number of rotatable bonds is 3. The van der Waals surface area contributed by atoms with E-state index in [0.29, 0.717) is 6.54 Å². The number of halogens is 1. The Balaban J connectivity index is 3.09. The molecule has 0 saturated carbocycles. The highest BCUT2D eigenvalue weighted by molar-refractivity contribution is 6.31. The predicted molar refractivity (Wildman–Crippen MR) is 58.5 cm³/mol. The molecule has 0 aliphatic carbocycles. The molecule has 0 atom stereocenters. The van der Waals surface area contributed by atoms with Crippen LogP contribution in [0.2, 0.25) is 5.02 Å². The zero-order valence-corrected chi connectivity index (χ0v) is 8.80. The highest BCUT2D eigenvalue weighted by Crippen LogP contribution is 2.26. The fourth-order valence-electron chi connectivity index (χ4n) is 1.36. The third-order valence-corrected chi connectivity index (χ3v) is 2.32. The van der Waals surface area contributed by atoms with Gasteiger partial charge in [-0.05, 0) is 30.7 Å². The lowest BCUT2D eigenvalue weighted by Crippen LogP contribution is -2.13. The molecular weight excluding hydrogens is 184 g/mol. The van der Waals surface area contributed by atoms with Gasteiger partial charge >= 0.3 is 0 Å². The molecule has 72 valence electrons. The van der Waals surface area contributed by atoms with Crippen LogP contribution >= 0.6 is 11.6 Å². The number of hydrogen-bond acceptors (Lipinski definition) is 2. The predicted octanol–water partition coefficient (Wildman–Crippen LogP) is 1.91. The Morgan fingerprint density at radius 2 is 2.08 bits per heavy atom. The van der Waals surface area contributed by atoms with Crippen molar-refractivity contribution in [3.05, 3.63) is 28.8 Å². The second-order valence-corrected chi connectivity index (χ2v) is 3.58. The molecular formula is C10H15ClN2. The van der Waals surface area contributed by atoms with Crippen molar-refractivity contribution in [2.24, 2.45) is 5.73 Å². The average Bonchev–Trinajstić information content (AvgIpc) is 2.08. The van der Waals surface area contributed by atoms with Crippen molar-refractivity contribution < 1.29 is 0 Å². The van der Waals surface area contributed by atoms with E-state index in [-0.39, 0.29) is 0 Å². The standard InChI is InChI=1S/C10H15ClN2/c1-13(2)10-5-3-4-9(11)8(10)6-7-12/h3-5H,6-7,12H2,1-2H3. The van der Waals surface area contributed by atoms with Gasteiger partial charge in [0.1, 0.15) is 0 Å². The number of benzene rings is 1. The molecule has 0 unspecified atom stereocenters. The fourth-order valence-corrected chi connectivity index (χ4v) is 1.62. The summed E-state index contributed by atoms with van der Waals surface area (Å²) in [5.74, 6) is 0. The Hall–Kier alpha value is -0.730. The number of hydrogen-bond donors (Lipinski definition) is 1. The summed E-state index contributed by atoms with van der Waals surface area (Å²) in [7, 11) is 4.01. The largest absolute Gasteiger partial charge is 0.377 e. The van der Waals surface area contributed by atoms with Crippen molar-refractivity contribution in [1.82, 2.24) is 0 Å². The summed E-state index contributed by atoms with van der Waals surface area (Å²) >= 11 is 6.07.